The van der Waals surface area contributed by atoms with Crippen molar-refractivity contribution in [1.82, 2.24) is 5.32 Å². The van der Waals surface area contributed by atoms with E-state index in [4.69, 9.17) is 11.6 Å². The topological polar surface area (TPSA) is 49.4 Å². The molecule has 1 unspecified atom stereocenters. The van der Waals surface area contributed by atoms with Crippen molar-refractivity contribution in [3.8, 4) is 0 Å². The number of halogens is 1. The van der Waals surface area contributed by atoms with Gasteiger partial charge in [-0.3, -0.25) is 9.59 Å². The molecule has 26 heavy (non-hydrogen) atoms. The van der Waals surface area contributed by atoms with Crippen molar-refractivity contribution in [3.63, 3.8) is 0 Å². The first-order valence-corrected chi connectivity index (χ1v) is 10.1. The average molecular weight is 389 g/mol. The molecule has 1 heterocycles. The highest BCUT2D eigenvalue weighted by Crippen LogP contribution is 2.26. The molecule has 0 saturated carbocycles. The minimum absolute atomic E-state index is 0.0170. The van der Waals surface area contributed by atoms with Gasteiger partial charge >= 0.3 is 0 Å². The van der Waals surface area contributed by atoms with E-state index >= 15 is 0 Å². The van der Waals surface area contributed by atoms with E-state index < -0.39 is 0 Å². The zero-order chi connectivity index (χ0) is 18.4. The van der Waals surface area contributed by atoms with E-state index in [1.165, 1.54) is 5.56 Å². The summed E-state index contributed by atoms with van der Waals surface area (Å²) < 4.78 is 0. The van der Waals surface area contributed by atoms with Gasteiger partial charge in [-0.2, -0.15) is 0 Å². The molecule has 1 aliphatic rings. The van der Waals surface area contributed by atoms with Gasteiger partial charge in [0.05, 0.1) is 5.75 Å². The SMILES string of the molecule is O=C(CSCc1ccccc1)NCC1CC(=O)N(c2ccc(Cl)cc2)C1. The molecule has 1 N–H and O–H groups in total. The quantitative estimate of drug-likeness (QED) is 0.786. The highest BCUT2D eigenvalue weighted by atomic mass is 35.5. The predicted molar refractivity (Wildman–Crippen MR) is 108 cm³/mol. The molecule has 0 spiro atoms. The smallest absolute Gasteiger partial charge is 0.230 e. The van der Waals surface area contributed by atoms with Crippen LogP contribution < -0.4 is 10.2 Å². The van der Waals surface area contributed by atoms with Gasteiger partial charge in [0.1, 0.15) is 0 Å². The lowest BCUT2D eigenvalue weighted by molar-refractivity contribution is -0.119. The van der Waals surface area contributed by atoms with Crippen molar-refractivity contribution >= 4 is 40.9 Å². The summed E-state index contributed by atoms with van der Waals surface area (Å²) in [5, 5.41) is 3.60. The molecule has 2 aromatic rings. The molecule has 1 atom stereocenters. The Morgan fingerprint density at radius 3 is 2.62 bits per heavy atom. The molecule has 0 aliphatic carbocycles. The normalized spacial score (nSPS) is 16.7. The predicted octanol–water partition coefficient (Wildman–Crippen LogP) is 3.74. The van der Waals surface area contributed by atoms with Crippen LogP contribution in [0.2, 0.25) is 5.02 Å². The first-order chi connectivity index (χ1) is 12.6. The van der Waals surface area contributed by atoms with E-state index in [-0.39, 0.29) is 17.7 Å². The van der Waals surface area contributed by atoms with Crippen molar-refractivity contribution in [2.24, 2.45) is 5.92 Å². The van der Waals surface area contributed by atoms with Crippen molar-refractivity contribution in [1.29, 1.82) is 0 Å². The summed E-state index contributed by atoms with van der Waals surface area (Å²) in [6, 6.07) is 17.4. The van der Waals surface area contributed by atoms with Crippen LogP contribution in [0, 0.1) is 5.92 Å². The van der Waals surface area contributed by atoms with Gasteiger partial charge < -0.3 is 10.2 Å². The number of hydrogen-bond acceptors (Lipinski definition) is 3. The molecule has 3 rings (SSSR count). The molecule has 2 amide bonds. The van der Waals surface area contributed by atoms with Crippen molar-refractivity contribution in [2.45, 2.75) is 12.2 Å². The Labute approximate surface area is 162 Å². The van der Waals surface area contributed by atoms with E-state index in [0.29, 0.717) is 30.3 Å². The number of benzene rings is 2. The fraction of sp³-hybridized carbons (Fsp3) is 0.300. The number of hydrogen-bond donors (Lipinski definition) is 1. The molecule has 4 nitrogen and oxygen atoms in total. The third kappa shape index (κ3) is 5.26. The third-order valence-corrected chi connectivity index (χ3v) is 5.53. The summed E-state index contributed by atoms with van der Waals surface area (Å²) in [7, 11) is 0. The second-order valence-corrected chi connectivity index (χ2v) is 7.76. The maximum atomic E-state index is 12.2. The number of carbonyl (C=O) groups excluding carboxylic acids is 2. The lowest BCUT2D eigenvalue weighted by Crippen LogP contribution is -2.32. The number of amides is 2. The van der Waals surface area contributed by atoms with Crippen LogP contribution in [-0.4, -0.2) is 30.7 Å². The van der Waals surface area contributed by atoms with Gasteiger partial charge in [-0.1, -0.05) is 41.9 Å². The molecule has 1 aliphatic heterocycles. The molecule has 2 aromatic carbocycles. The fourth-order valence-electron chi connectivity index (χ4n) is 2.93. The zero-order valence-corrected chi connectivity index (χ0v) is 15.9. The van der Waals surface area contributed by atoms with Gasteiger partial charge in [0.2, 0.25) is 11.8 Å². The van der Waals surface area contributed by atoms with Crippen LogP contribution in [0.5, 0.6) is 0 Å². The van der Waals surface area contributed by atoms with E-state index in [2.05, 4.69) is 17.4 Å². The molecule has 1 fully saturated rings. The molecule has 136 valence electrons. The largest absolute Gasteiger partial charge is 0.355 e. The molecule has 0 aromatic heterocycles. The Morgan fingerprint density at radius 1 is 1.15 bits per heavy atom. The highest BCUT2D eigenvalue weighted by Gasteiger charge is 2.30. The van der Waals surface area contributed by atoms with E-state index in [9.17, 15) is 9.59 Å². The zero-order valence-electron chi connectivity index (χ0n) is 14.4. The number of anilines is 1. The standard InChI is InChI=1S/C20H21ClN2O2S/c21-17-6-8-18(9-7-17)23-12-16(10-20(23)25)11-22-19(24)14-26-13-15-4-2-1-3-5-15/h1-9,16H,10-14H2,(H,22,24). The first-order valence-electron chi connectivity index (χ1n) is 8.56. The van der Waals surface area contributed by atoms with Crippen LogP contribution in [0.4, 0.5) is 5.69 Å². The van der Waals surface area contributed by atoms with Crippen LogP contribution in [0.25, 0.3) is 0 Å². The summed E-state index contributed by atoms with van der Waals surface area (Å²) in [6.45, 7) is 1.15. The Bertz CT molecular complexity index is 752. The van der Waals surface area contributed by atoms with Crippen molar-refractivity contribution in [2.75, 3.05) is 23.7 Å². The van der Waals surface area contributed by atoms with Gasteiger partial charge in [-0.25, -0.2) is 0 Å². The summed E-state index contributed by atoms with van der Waals surface area (Å²) in [4.78, 5) is 26.0. The van der Waals surface area contributed by atoms with Crippen molar-refractivity contribution in [3.05, 3.63) is 65.2 Å². The number of carbonyl (C=O) groups is 2. The lowest BCUT2D eigenvalue weighted by atomic mass is 10.1. The Balaban J connectivity index is 1.40. The van der Waals surface area contributed by atoms with Crippen LogP contribution in [0.15, 0.2) is 54.6 Å². The lowest BCUT2D eigenvalue weighted by Gasteiger charge is -2.17. The molecule has 0 radical (unpaired) electrons. The fourth-order valence-corrected chi connectivity index (χ4v) is 3.88. The molecular formula is C20H21ClN2O2S. The second kappa shape index (κ2) is 9.10. The van der Waals surface area contributed by atoms with E-state index in [1.54, 1.807) is 28.8 Å². The molecule has 1 saturated heterocycles. The number of nitrogens with one attached hydrogen (secondary N) is 1. The van der Waals surface area contributed by atoms with E-state index in [1.807, 2.05) is 30.3 Å². The Morgan fingerprint density at radius 2 is 1.88 bits per heavy atom. The van der Waals surface area contributed by atoms with Crippen LogP contribution in [0.1, 0.15) is 12.0 Å². The molecule has 6 heteroatoms. The Hall–Kier alpha value is -1.98. The van der Waals surface area contributed by atoms with Gasteiger partial charge in [0.25, 0.3) is 0 Å². The molecule has 0 bridgehead atoms. The average Bonchev–Trinajstić information content (AvgIpc) is 3.02. The minimum atomic E-state index is 0.0170. The van der Waals surface area contributed by atoms with Gasteiger partial charge in [0.15, 0.2) is 0 Å². The minimum Gasteiger partial charge on any atom is -0.355 e. The van der Waals surface area contributed by atoms with Gasteiger partial charge in [-0.05, 0) is 29.8 Å². The van der Waals surface area contributed by atoms with Crippen LogP contribution >= 0.6 is 23.4 Å². The maximum Gasteiger partial charge on any atom is 0.230 e. The summed E-state index contributed by atoms with van der Waals surface area (Å²) >= 11 is 7.49. The maximum absolute atomic E-state index is 12.2. The summed E-state index contributed by atoms with van der Waals surface area (Å²) in [5.41, 5.74) is 2.07. The van der Waals surface area contributed by atoms with Gasteiger partial charge in [0, 0.05) is 41.9 Å². The second-order valence-electron chi connectivity index (χ2n) is 6.33. The van der Waals surface area contributed by atoms with E-state index in [0.717, 1.165) is 11.4 Å². The van der Waals surface area contributed by atoms with Crippen LogP contribution in [-0.2, 0) is 15.3 Å². The number of rotatable bonds is 7. The Kier molecular flexibility index (Phi) is 6.58. The monoisotopic (exact) mass is 388 g/mol. The van der Waals surface area contributed by atoms with Crippen molar-refractivity contribution < 1.29 is 9.59 Å². The summed E-state index contributed by atoms with van der Waals surface area (Å²) in [5.74, 6) is 1.49. The number of thioether (sulfide) groups is 1. The van der Waals surface area contributed by atoms with Crippen LogP contribution in [0.3, 0.4) is 0 Å². The first kappa shape index (κ1) is 18.8. The molecular weight excluding hydrogens is 368 g/mol. The highest BCUT2D eigenvalue weighted by molar-refractivity contribution is 7.99. The summed E-state index contributed by atoms with van der Waals surface area (Å²) in [6.07, 6.45) is 0.458. The third-order valence-electron chi connectivity index (χ3n) is 4.28. The van der Waals surface area contributed by atoms with Gasteiger partial charge in [-0.15, -0.1) is 11.8 Å². The number of nitrogens with zero attached hydrogens (tertiary/aromatic N) is 1.